The number of benzene rings is 2. The van der Waals surface area contributed by atoms with Crippen molar-refractivity contribution in [2.45, 2.75) is 25.3 Å². The molecule has 1 saturated heterocycles. The SMILES string of the molecule is COc1ccccc1C=CCN1CCC(C(Cc2ccccc2)N(C)C(=O)c2ccn(C)n2)CC1. The molecule has 1 fully saturated rings. The van der Waals surface area contributed by atoms with Gasteiger partial charge in [-0.2, -0.15) is 5.10 Å². The van der Waals surface area contributed by atoms with Gasteiger partial charge in [-0.05, 0) is 56.0 Å². The lowest BCUT2D eigenvalue weighted by atomic mass is 9.85. The van der Waals surface area contributed by atoms with Crippen LogP contribution in [-0.2, 0) is 13.5 Å². The highest BCUT2D eigenvalue weighted by atomic mass is 16.5. The van der Waals surface area contributed by atoms with Crippen molar-refractivity contribution in [3.63, 3.8) is 0 Å². The Morgan fingerprint density at radius 2 is 1.83 bits per heavy atom. The number of ether oxygens (including phenoxy) is 1. The van der Waals surface area contributed by atoms with Crippen LogP contribution >= 0.6 is 0 Å². The number of aryl methyl sites for hydroxylation is 1. The van der Waals surface area contributed by atoms with Crippen LogP contribution in [-0.4, -0.2) is 65.3 Å². The van der Waals surface area contributed by atoms with Crippen LogP contribution in [0.5, 0.6) is 5.75 Å². The summed E-state index contributed by atoms with van der Waals surface area (Å²) in [6, 6.07) is 20.5. The van der Waals surface area contributed by atoms with Crippen molar-refractivity contribution >= 4 is 12.0 Å². The number of rotatable bonds is 9. The van der Waals surface area contributed by atoms with Crippen LogP contribution in [0.4, 0.5) is 0 Å². The Bertz CT molecular complexity index is 1120. The average molecular weight is 473 g/mol. The Kier molecular flexibility index (Phi) is 8.37. The number of hydrogen-bond acceptors (Lipinski definition) is 4. The van der Waals surface area contributed by atoms with Crippen molar-refractivity contribution < 1.29 is 9.53 Å². The molecule has 1 amide bonds. The molecule has 4 rings (SSSR count). The van der Waals surface area contributed by atoms with Crippen molar-refractivity contribution in [2.24, 2.45) is 13.0 Å². The Hall–Kier alpha value is -3.38. The minimum absolute atomic E-state index is 0.00583. The van der Waals surface area contributed by atoms with E-state index in [9.17, 15) is 4.79 Å². The van der Waals surface area contributed by atoms with Crippen LogP contribution in [0, 0.1) is 5.92 Å². The first kappa shape index (κ1) is 24.7. The summed E-state index contributed by atoms with van der Waals surface area (Å²) in [7, 11) is 5.49. The van der Waals surface area contributed by atoms with Crippen LogP contribution < -0.4 is 4.74 Å². The minimum Gasteiger partial charge on any atom is -0.496 e. The van der Waals surface area contributed by atoms with Crippen molar-refractivity contribution in [2.75, 3.05) is 33.8 Å². The molecule has 184 valence electrons. The van der Waals surface area contributed by atoms with Gasteiger partial charge < -0.3 is 9.64 Å². The third-order valence-corrected chi connectivity index (χ3v) is 7.01. The van der Waals surface area contributed by atoms with E-state index in [1.165, 1.54) is 5.56 Å². The first-order valence-corrected chi connectivity index (χ1v) is 12.4. The number of likely N-dealkylation sites (tertiary alicyclic amines) is 1. The molecule has 0 spiro atoms. The minimum atomic E-state index is -0.00583. The lowest BCUT2D eigenvalue weighted by molar-refractivity contribution is 0.0592. The topological polar surface area (TPSA) is 50.6 Å². The zero-order valence-corrected chi connectivity index (χ0v) is 21.0. The Morgan fingerprint density at radius 3 is 2.51 bits per heavy atom. The molecule has 0 aliphatic carbocycles. The van der Waals surface area contributed by atoms with Gasteiger partial charge in [0.25, 0.3) is 5.91 Å². The number of methoxy groups -OCH3 is 1. The number of nitrogens with zero attached hydrogens (tertiary/aromatic N) is 4. The number of likely N-dealkylation sites (N-methyl/N-ethyl adjacent to an activating group) is 1. The number of amides is 1. The van der Waals surface area contributed by atoms with Crippen LogP contribution in [0.25, 0.3) is 6.08 Å². The molecule has 0 bridgehead atoms. The molecule has 1 unspecified atom stereocenters. The molecule has 1 aliphatic rings. The lowest BCUT2D eigenvalue weighted by Gasteiger charge is -2.39. The average Bonchev–Trinajstić information content (AvgIpc) is 3.34. The number of carbonyl (C=O) groups is 1. The maximum absolute atomic E-state index is 13.2. The first-order valence-electron chi connectivity index (χ1n) is 12.4. The summed E-state index contributed by atoms with van der Waals surface area (Å²) >= 11 is 0. The van der Waals surface area contributed by atoms with Crippen LogP contribution in [0.2, 0.25) is 0 Å². The molecule has 3 aromatic rings. The standard InChI is InChI=1S/C29H36N4O2/c1-31-19-17-26(30-31)29(34)32(2)27(22-23-10-5-4-6-11-23)24-15-20-33(21-16-24)18-9-13-25-12-7-8-14-28(25)35-3/h4-14,17,19,24,27H,15-16,18,20-22H2,1-3H3. The molecule has 0 N–H and O–H groups in total. The molecule has 6 nitrogen and oxygen atoms in total. The second kappa shape index (κ2) is 11.8. The van der Waals surface area contributed by atoms with Crippen molar-refractivity contribution in [3.8, 4) is 5.75 Å². The predicted molar refractivity (Wildman–Crippen MR) is 140 cm³/mol. The summed E-state index contributed by atoms with van der Waals surface area (Å²) in [5.74, 6) is 1.34. The normalized spacial score (nSPS) is 15.9. The molecule has 35 heavy (non-hydrogen) atoms. The van der Waals surface area contributed by atoms with Gasteiger partial charge in [0.05, 0.1) is 7.11 Å². The number of piperidine rings is 1. The van der Waals surface area contributed by atoms with Crippen molar-refractivity contribution in [3.05, 3.63) is 89.8 Å². The third-order valence-electron chi connectivity index (χ3n) is 7.01. The summed E-state index contributed by atoms with van der Waals surface area (Å²) in [6.07, 6.45) is 9.18. The van der Waals surface area contributed by atoms with E-state index < -0.39 is 0 Å². The van der Waals surface area contributed by atoms with Gasteiger partial charge in [0.2, 0.25) is 0 Å². The molecule has 1 aliphatic heterocycles. The van der Waals surface area contributed by atoms with Gasteiger partial charge in [0.15, 0.2) is 0 Å². The summed E-state index contributed by atoms with van der Waals surface area (Å²) in [5.41, 5.74) is 2.87. The van der Waals surface area contributed by atoms with E-state index in [1.807, 2.05) is 49.5 Å². The number of para-hydroxylation sites is 1. The van der Waals surface area contributed by atoms with Crippen LogP contribution in [0.3, 0.4) is 0 Å². The second-order valence-corrected chi connectivity index (χ2v) is 9.33. The predicted octanol–water partition coefficient (Wildman–Crippen LogP) is 4.54. The molecule has 2 heterocycles. The van der Waals surface area contributed by atoms with Gasteiger partial charge >= 0.3 is 0 Å². The fourth-order valence-electron chi connectivity index (χ4n) is 4.99. The first-order chi connectivity index (χ1) is 17.0. The quantitative estimate of drug-likeness (QED) is 0.459. The van der Waals surface area contributed by atoms with Crippen LogP contribution in [0.15, 0.2) is 72.9 Å². The fourth-order valence-corrected chi connectivity index (χ4v) is 4.99. The van der Waals surface area contributed by atoms with Gasteiger partial charge in [-0.1, -0.05) is 60.7 Å². The highest BCUT2D eigenvalue weighted by Gasteiger charge is 2.32. The lowest BCUT2D eigenvalue weighted by Crippen LogP contribution is -2.47. The summed E-state index contributed by atoms with van der Waals surface area (Å²) in [6.45, 7) is 2.96. The molecule has 2 aromatic carbocycles. The van der Waals surface area contributed by atoms with E-state index in [4.69, 9.17) is 4.74 Å². The summed E-state index contributed by atoms with van der Waals surface area (Å²) in [4.78, 5) is 17.7. The molecule has 0 saturated carbocycles. The van der Waals surface area contributed by atoms with Crippen LogP contribution in [0.1, 0.15) is 34.5 Å². The summed E-state index contributed by atoms with van der Waals surface area (Å²) in [5, 5.41) is 4.35. The van der Waals surface area contributed by atoms with E-state index in [0.717, 1.165) is 50.2 Å². The molecule has 1 atom stereocenters. The largest absolute Gasteiger partial charge is 0.496 e. The van der Waals surface area contributed by atoms with Crippen molar-refractivity contribution in [1.29, 1.82) is 0 Å². The zero-order valence-electron chi connectivity index (χ0n) is 21.0. The third kappa shape index (κ3) is 6.40. The van der Waals surface area contributed by atoms with E-state index in [0.29, 0.717) is 11.6 Å². The molecular weight excluding hydrogens is 436 g/mol. The number of hydrogen-bond donors (Lipinski definition) is 0. The smallest absolute Gasteiger partial charge is 0.274 e. The molecule has 6 heteroatoms. The number of carbonyl (C=O) groups excluding carboxylic acids is 1. The van der Waals surface area contributed by atoms with E-state index in [2.05, 4.69) is 52.5 Å². The number of aromatic nitrogens is 2. The van der Waals surface area contributed by atoms with Gasteiger partial charge in [-0.25, -0.2) is 0 Å². The maximum atomic E-state index is 13.2. The fraction of sp³-hybridized carbons (Fsp3) is 0.379. The summed E-state index contributed by atoms with van der Waals surface area (Å²) < 4.78 is 7.13. The van der Waals surface area contributed by atoms with Crippen molar-refractivity contribution in [1.82, 2.24) is 19.6 Å². The van der Waals surface area contributed by atoms with E-state index in [1.54, 1.807) is 17.9 Å². The second-order valence-electron chi connectivity index (χ2n) is 9.33. The van der Waals surface area contributed by atoms with E-state index >= 15 is 0 Å². The Morgan fingerprint density at radius 1 is 1.11 bits per heavy atom. The highest BCUT2D eigenvalue weighted by molar-refractivity contribution is 5.92. The molecular formula is C29H36N4O2. The Balaban J connectivity index is 1.40. The Labute approximate surface area is 208 Å². The van der Waals surface area contributed by atoms with Gasteiger partial charge in [-0.3, -0.25) is 14.4 Å². The van der Waals surface area contributed by atoms with E-state index in [-0.39, 0.29) is 11.9 Å². The maximum Gasteiger partial charge on any atom is 0.274 e. The van der Waals surface area contributed by atoms with Gasteiger partial charge in [0, 0.05) is 38.4 Å². The molecule has 1 aromatic heterocycles. The highest BCUT2D eigenvalue weighted by Crippen LogP contribution is 2.27. The van der Waals surface area contributed by atoms with Gasteiger partial charge in [-0.15, -0.1) is 0 Å². The molecule has 0 radical (unpaired) electrons. The monoisotopic (exact) mass is 472 g/mol. The zero-order chi connectivity index (χ0) is 24.6. The van der Waals surface area contributed by atoms with Gasteiger partial charge in [0.1, 0.15) is 11.4 Å².